The standard InChI is InChI=1S/C15H16ClN5O2/c16-11-7-2-1-4-10(11)8-17-15(23)12-13(20-21-19-12)18-14(22)9-5-3-6-9/h1-2,4,7,9H,3,5-6,8H2,(H,17,23)(H2,18,19,20,21,22). The number of carbonyl (C=O) groups excluding carboxylic acids is 2. The van der Waals surface area contributed by atoms with Gasteiger partial charge in [-0.3, -0.25) is 9.59 Å². The van der Waals surface area contributed by atoms with E-state index in [1.807, 2.05) is 18.2 Å². The molecule has 1 aromatic carbocycles. The van der Waals surface area contributed by atoms with Crippen molar-refractivity contribution in [2.45, 2.75) is 25.8 Å². The monoisotopic (exact) mass is 333 g/mol. The summed E-state index contributed by atoms with van der Waals surface area (Å²) in [6.07, 6.45) is 2.81. The Labute approximate surface area is 137 Å². The fourth-order valence-corrected chi connectivity index (χ4v) is 2.47. The van der Waals surface area contributed by atoms with Crippen molar-refractivity contribution in [1.82, 2.24) is 20.7 Å². The zero-order chi connectivity index (χ0) is 16.2. The van der Waals surface area contributed by atoms with Crippen LogP contribution in [0.3, 0.4) is 0 Å². The first-order valence-corrected chi connectivity index (χ1v) is 7.76. The molecule has 2 amide bonds. The number of hydrogen-bond donors (Lipinski definition) is 3. The van der Waals surface area contributed by atoms with Gasteiger partial charge in [0.2, 0.25) is 5.91 Å². The Morgan fingerprint density at radius 3 is 2.78 bits per heavy atom. The van der Waals surface area contributed by atoms with Gasteiger partial charge in [-0.25, -0.2) is 5.10 Å². The minimum absolute atomic E-state index is 0.0114. The zero-order valence-corrected chi connectivity index (χ0v) is 13.1. The summed E-state index contributed by atoms with van der Waals surface area (Å²) in [6.45, 7) is 0.265. The smallest absolute Gasteiger partial charge is 0.275 e. The predicted octanol–water partition coefficient (Wildman–Crippen LogP) is 2.13. The maximum Gasteiger partial charge on any atom is 0.275 e. The van der Waals surface area contributed by atoms with E-state index < -0.39 is 5.91 Å². The summed E-state index contributed by atoms with van der Waals surface area (Å²) in [4.78, 5) is 24.2. The van der Waals surface area contributed by atoms with Crippen molar-refractivity contribution in [3.8, 4) is 0 Å². The number of H-pyrrole nitrogens is 1. The number of rotatable bonds is 5. The average molecular weight is 334 g/mol. The maximum absolute atomic E-state index is 12.2. The molecular weight excluding hydrogens is 318 g/mol. The average Bonchev–Trinajstić information content (AvgIpc) is 2.92. The third-order valence-electron chi connectivity index (χ3n) is 3.89. The van der Waals surface area contributed by atoms with Crippen LogP contribution in [0, 0.1) is 5.92 Å². The number of carbonyl (C=O) groups is 2. The highest BCUT2D eigenvalue weighted by Crippen LogP contribution is 2.27. The molecule has 1 aromatic heterocycles. The van der Waals surface area contributed by atoms with E-state index >= 15 is 0 Å². The highest BCUT2D eigenvalue weighted by Gasteiger charge is 2.27. The van der Waals surface area contributed by atoms with Gasteiger partial charge in [0.15, 0.2) is 11.5 Å². The molecule has 3 N–H and O–H groups in total. The lowest BCUT2D eigenvalue weighted by Gasteiger charge is -2.23. The molecule has 0 radical (unpaired) electrons. The topological polar surface area (TPSA) is 99.8 Å². The molecule has 1 aliphatic rings. The number of nitrogens with zero attached hydrogens (tertiary/aromatic N) is 2. The maximum atomic E-state index is 12.2. The van der Waals surface area contributed by atoms with Crippen molar-refractivity contribution < 1.29 is 9.59 Å². The minimum atomic E-state index is -0.428. The van der Waals surface area contributed by atoms with Crippen LogP contribution >= 0.6 is 11.6 Å². The molecule has 0 atom stereocenters. The van der Waals surface area contributed by atoms with Gasteiger partial charge in [0.05, 0.1) is 0 Å². The molecular formula is C15H16ClN5O2. The fourth-order valence-electron chi connectivity index (χ4n) is 2.27. The van der Waals surface area contributed by atoms with E-state index in [2.05, 4.69) is 26.0 Å². The second-order valence-electron chi connectivity index (χ2n) is 5.43. The summed E-state index contributed by atoms with van der Waals surface area (Å²) in [5.74, 6) is -0.305. The molecule has 23 heavy (non-hydrogen) atoms. The Morgan fingerprint density at radius 2 is 2.09 bits per heavy atom. The first-order valence-electron chi connectivity index (χ1n) is 7.38. The third kappa shape index (κ3) is 3.50. The van der Waals surface area contributed by atoms with E-state index in [4.69, 9.17) is 11.6 Å². The van der Waals surface area contributed by atoms with Gasteiger partial charge < -0.3 is 10.6 Å². The van der Waals surface area contributed by atoms with E-state index in [-0.39, 0.29) is 29.9 Å². The number of aromatic amines is 1. The van der Waals surface area contributed by atoms with Gasteiger partial charge in [-0.15, -0.1) is 5.10 Å². The first-order chi connectivity index (χ1) is 11.1. The Balaban J connectivity index is 1.62. The second-order valence-corrected chi connectivity index (χ2v) is 5.83. The van der Waals surface area contributed by atoms with Crippen LogP contribution in [0.2, 0.25) is 5.02 Å². The lowest BCUT2D eigenvalue weighted by molar-refractivity contribution is -0.122. The molecule has 1 heterocycles. The molecule has 0 aliphatic heterocycles. The molecule has 8 heteroatoms. The summed E-state index contributed by atoms with van der Waals surface area (Å²) in [5.41, 5.74) is 0.857. The zero-order valence-electron chi connectivity index (χ0n) is 12.3. The second kappa shape index (κ2) is 6.78. The van der Waals surface area contributed by atoms with Gasteiger partial charge in [0.25, 0.3) is 5.91 Å². The van der Waals surface area contributed by atoms with E-state index in [1.54, 1.807) is 6.07 Å². The van der Waals surface area contributed by atoms with Crippen LogP contribution in [0.15, 0.2) is 24.3 Å². The van der Waals surface area contributed by atoms with E-state index in [0.717, 1.165) is 24.8 Å². The van der Waals surface area contributed by atoms with Gasteiger partial charge in [-0.1, -0.05) is 41.4 Å². The Morgan fingerprint density at radius 1 is 1.30 bits per heavy atom. The Hall–Kier alpha value is -2.41. The van der Waals surface area contributed by atoms with Gasteiger partial charge in [-0.05, 0) is 24.5 Å². The summed E-state index contributed by atoms with van der Waals surface area (Å²) in [6, 6.07) is 7.24. The van der Waals surface area contributed by atoms with Crippen LogP contribution in [0.1, 0.15) is 35.3 Å². The molecule has 1 aliphatic carbocycles. The number of halogens is 1. The minimum Gasteiger partial charge on any atom is -0.346 e. The normalized spacial score (nSPS) is 14.1. The lowest BCUT2D eigenvalue weighted by Crippen LogP contribution is -2.30. The number of nitrogens with one attached hydrogen (secondary N) is 3. The quantitative estimate of drug-likeness (QED) is 0.780. The molecule has 0 spiro atoms. The largest absolute Gasteiger partial charge is 0.346 e. The Kier molecular flexibility index (Phi) is 4.57. The molecule has 120 valence electrons. The van der Waals surface area contributed by atoms with Crippen LogP contribution in [0.4, 0.5) is 5.82 Å². The number of amides is 2. The predicted molar refractivity (Wildman–Crippen MR) is 85.0 cm³/mol. The number of anilines is 1. The van der Waals surface area contributed by atoms with Crippen LogP contribution in [-0.4, -0.2) is 27.2 Å². The van der Waals surface area contributed by atoms with Gasteiger partial charge in [0, 0.05) is 17.5 Å². The van der Waals surface area contributed by atoms with E-state index in [9.17, 15) is 9.59 Å². The van der Waals surface area contributed by atoms with Crippen molar-refractivity contribution in [3.63, 3.8) is 0 Å². The number of aromatic nitrogens is 3. The summed E-state index contributed by atoms with van der Waals surface area (Å²) >= 11 is 6.05. The molecule has 0 unspecified atom stereocenters. The molecule has 0 saturated heterocycles. The van der Waals surface area contributed by atoms with Crippen molar-refractivity contribution in [2.24, 2.45) is 5.92 Å². The van der Waals surface area contributed by atoms with E-state index in [1.165, 1.54) is 0 Å². The van der Waals surface area contributed by atoms with Gasteiger partial charge in [0.1, 0.15) is 0 Å². The lowest BCUT2D eigenvalue weighted by atomic mass is 9.85. The van der Waals surface area contributed by atoms with Gasteiger partial charge in [-0.2, -0.15) is 0 Å². The Bertz CT molecular complexity index is 726. The van der Waals surface area contributed by atoms with Crippen LogP contribution in [0.25, 0.3) is 0 Å². The highest BCUT2D eigenvalue weighted by atomic mass is 35.5. The molecule has 7 nitrogen and oxygen atoms in total. The molecule has 3 rings (SSSR count). The van der Waals surface area contributed by atoms with Crippen molar-refractivity contribution in [3.05, 3.63) is 40.5 Å². The van der Waals surface area contributed by atoms with E-state index in [0.29, 0.717) is 5.02 Å². The van der Waals surface area contributed by atoms with Crippen LogP contribution < -0.4 is 10.6 Å². The SMILES string of the molecule is O=C(NCc1ccccc1Cl)c1nn[nH]c1NC(=O)C1CCC1. The fraction of sp³-hybridized carbons (Fsp3) is 0.333. The summed E-state index contributed by atoms with van der Waals surface area (Å²) in [5, 5.41) is 15.9. The van der Waals surface area contributed by atoms with Crippen LogP contribution in [-0.2, 0) is 11.3 Å². The molecule has 1 fully saturated rings. The summed E-state index contributed by atoms with van der Waals surface area (Å²) < 4.78 is 0. The molecule has 1 saturated carbocycles. The number of hydrogen-bond acceptors (Lipinski definition) is 4. The van der Waals surface area contributed by atoms with Crippen molar-refractivity contribution in [2.75, 3.05) is 5.32 Å². The van der Waals surface area contributed by atoms with Crippen LogP contribution in [0.5, 0.6) is 0 Å². The molecule has 0 bridgehead atoms. The molecule has 2 aromatic rings. The summed E-state index contributed by atoms with van der Waals surface area (Å²) in [7, 11) is 0. The van der Waals surface area contributed by atoms with Gasteiger partial charge >= 0.3 is 0 Å². The number of benzene rings is 1. The van der Waals surface area contributed by atoms with Crippen molar-refractivity contribution in [1.29, 1.82) is 0 Å². The highest BCUT2D eigenvalue weighted by molar-refractivity contribution is 6.31. The van der Waals surface area contributed by atoms with Crippen molar-refractivity contribution >= 4 is 29.2 Å². The first kappa shape index (κ1) is 15.5. The third-order valence-corrected chi connectivity index (χ3v) is 4.25.